The third-order valence-electron chi connectivity index (χ3n) is 2.69. The molecule has 102 valence electrons. The molecular formula is C12H14ClFN4S. The second kappa shape index (κ2) is 6.16. The summed E-state index contributed by atoms with van der Waals surface area (Å²) >= 11 is 11.1. The Morgan fingerprint density at radius 2 is 2.32 bits per heavy atom. The van der Waals surface area contributed by atoms with Crippen molar-refractivity contribution in [2.75, 3.05) is 5.43 Å². The Labute approximate surface area is 120 Å². The minimum Gasteiger partial charge on any atom is -0.318 e. The maximum absolute atomic E-state index is 13.6. The number of aromatic amines is 1. The number of aryl methyl sites for hydroxylation is 1. The fourth-order valence-corrected chi connectivity index (χ4v) is 2.19. The van der Waals surface area contributed by atoms with Crippen LogP contribution in [0.1, 0.15) is 24.7 Å². The normalized spacial score (nSPS) is 10.7. The lowest BCUT2D eigenvalue weighted by atomic mass is 10.2. The van der Waals surface area contributed by atoms with E-state index in [2.05, 4.69) is 22.5 Å². The Bertz CT molecular complexity index is 602. The molecule has 1 heterocycles. The van der Waals surface area contributed by atoms with Gasteiger partial charge >= 0.3 is 0 Å². The van der Waals surface area contributed by atoms with Crippen molar-refractivity contribution < 1.29 is 4.39 Å². The van der Waals surface area contributed by atoms with Crippen LogP contribution in [0, 0.1) is 10.6 Å². The molecule has 0 bridgehead atoms. The zero-order chi connectivity index (χ0) is 13.8. The molecular weight excluding hydrogens is 287 g/mol. The van der Waals surface area contributed by atoms with Gasteiger partial charge in [-0.1, -0.05) is 24.6 Å². The SMILES string of the molecule is CCCc1n[nH]c(=S)n1NCc1c(F)cccc1Cl. The van der Waals surface area contributed by atoms with E-state index in [1.54, 1.807) is 16.8 Å². The summed E-state index contributed by atoms with van der Waals surface area (Å²) in [6.45, 7) is 2.30. The van der Waals surface area contributed by atoms with Crippen LogP contribution < -0.4 is 5.43 Å². The van der Waals surface area contributed by atoms with Crippen LogP contribution in [0.4, 0.5) is 4.39 Å². The van der Waals surface area contributed by atoms with Crippen LogP contribution in [-0.4, -0.2) is 14.9 Å². The van der Waals surface area contributed by atoms with Crippen LogP contribution in [0.2, 0.25) is 5.02 Å². The Kier molecular flexibility index (Phi) is 4.55. The highest BCUT2D eigenvalue weighted by Crippen LogP contribution is 2.18. The molecule has 0 amide bonds. The third kappa shape index (κ3) is 3.13. The molecule has 0 spiro atoms. The average Bonchev–Trinajstić information content (AvgIpc) is 2.71. The van der Waals surface area contributed by atoms with Gasteiger partial charge in [-0.15, -0.1) is 0 Å². The molecule has 0 fully saturated rings. The van der Waals surface area contributed by atoms with E-state index in [1.807, 2.05) is 0 Å². The monoisotopic (exact) mass is 300 g/mol. The lowest BCUT2D eigenvalue weighted by molar-refractivity contribution is 0.606. The summed E-state index contributed by atoms with van der Waals surface area (Å²) in [6, 6.07) is 4.61. The summed E-state index contributed by atoms with van der Waals surface area (Å²) in [6.07, 6.45) is 1.73. The van der Waals surface area contributed by atoms with Gasteiger partial charge in [0.2, 0.25) is 4.77 Å². The molecule has 0 aliphatic rings. The van der Waals surface area contributed by atoms with Gasteiger partial charge in [0.05, 0.1) is 6.54 Å². The van der Waals surface area contributed by atoms with Crippen molar-refractivity contribution in [3.05, 3.63) is 45.2 Å². The predicted octanol–water partition coefficient (Wildman–Crippen LogP) is 3.43. The Hall–Kier alpha value is -1.40. The lowest BCUT2D eigenvalue weighted by Crippen LogP contribution is -2.18. The molecule has 0 saturated carbocycles. The van der Waals surface area contributed by atoms with Crippen molar-refractivity contribution in [2.45, 2.75) is 26.3 Å². The molecule has 0 atom stereocenters. The van der Waals surface area contributed by atoms with Crippen molar-refractivity contribution in [2.24, 2.45) is 0 Å². The van der Waals surface area contributed by atoms with Crippen LogP contribution in [0.5, 0.6) is 0 Å². The van der Waals surface area contributed by atoms with Crippen molar-refractivity contribution >= 4 is 23.8 Å². The Morgan fingerprint density at radius 1 is 1.53 bits per heavy atom. The minimum absolute atomic E-state index is 0.246. The summed E-state index contributed by atoms with van der Waals surface area (Å²) in [7, 11) is 0. The summed E-state index contributed by atoms with van der Waals surface area (Å²) in [5.74, 6) is 0.451. The first-order valence-corrected chi connectivity index (χ1v) is 6.75. The highest BCUT2D eigenvalue weighted by atomic mass is 35.5. The lowest BCUT2D eigenvalue weighted by Gasteiger charge is -2.11. The van der Waals surface area contributed by atoms with E-state index in [0.717, 1.165) is 18.7 Å². The molecule has 1 aromatic carbocycles. The van der Waals surface area contributed by atoms with Gasteiger partial charge in [0.25, 0.3) is 0 Å². The smallest absolute Gasteiger partial charge is 0.214 e. The number of benzene rings is 1. The van der Waals surface area contributed by atoms with Crippen LogP contribution in [0.15, 0.2) is 18.2 Å². The third-order valence-corrected chi connectivity index (χ3v) is 3.32. The number of rotatable bonds is 5. The van der Waals surface area contributed by atoms with Gasteiger partial charge in [-0.3, -0.25) is 5.10 Å². The molecule has 2 rings (SSSR count). The van der Waals surface area contributed by atoms with E-state index < -0.39 is 0 Å². The molecule has 2 N–H and O–H groups in total. The molecule has 0 aliphatic heterocycles. The van der Waals surface area contributed by atoms with Gasteiger partial charge in [-0.25, -0.2) is 9.07 Å². The zero-order valence-electron chi connectivity index (χ0n) is 10.4. The van der Waals surface area contributed by atoms with Gasteiger partial charge in [-0.2, -0.15) is 5.10 Å². The molecule has 7 heteroatoms. The molecule has 0 unspecified atom stereocenters. The van der Waals surface area contributed by atoms with E-state index in [4.69, 9.17) is 23.8 Å². The van der Waals surface area contributed by atoms with Crippen LogP contribution in [0.3, 0.4) is 0 Å². The number of hydrogen-bond acceptors (Lipinski definition) is 3. The van der Waals surface area contributed by atoms with E-state index >= 15 is 0 Å². The summed E-state index contributed by atoms with van der Waals surface area (Å²) < 4.78 is 15.8. The quantitative estimate of drug-likeness (QED) is 0.832. The van der Waals surface area contributed by atoms with E-state index in [0.29, 0.717) is 15.4 Å². The van der Waals surface area contributed by atoms with Gasteiger partial charge < -0.3 is 5.43 Å². The second-order valence-electron chi connectivity index (χ2n) is 4.07. The zero-order valence-corrected chi connectivity index (χ0v) is 12.0. The Morgan fingerprint density at radius 3 is 3.00 bits per heavy atom. The van der Waals surface area contributed by atoms with Crippen molar-refractivity contribution in [1.29, 1.82) is 0 Å². The highest BCUT2D eigenvalue weighted by molar-refractivity contribution is 7.71. The standard InChI is InChI=1S/C12H14ClFN4S/c1-2-4-11-16-17-12(19)18(11)15-7-8-9(13)5-3-6-10(8)14/h3,5-6,15H,2,4,7H2,1H3,(H,17,19). The number of aromatic nitrogens is 3. The van der Waals surface area contributed by atoms with Crippen LogP contribution >= 0.6 is 23.8 Å². The minimum atomic E-state index is -0.341. The number of nitrogens with one attached hydrogen (secondary N) is 2. The fourth-order valence-electron chi connectivity index (χ4n) is 1.74. The number of H-pyrrole nitrogens is 1. The van der Waals surface area contributed by atoms with Crippen molar-refractivity contribution in [1.82, 2.24) is 14.9 Å². The predicted molar refractivity (Wildman–Crippen MR) is 75.9 cm³/mol. The van der Waals surface area contributed by atoms with Gasteiger partial charge in [-0.05, 0) is 30.8 Å². The highest BCUT2D eigenvalue weighted by Gasteiger charge is 2.09. The van der Waals surface area contributed by atoms with Crippen molar-refractivity contribution in [3.8, 4) is 0 Å². The maximum Gasteiger partial charge on any atom is 0.214 e. The molecule has 2 aromatic rings. The topological polar surface area (TPSA) is 45.6 Å². The van der Waals surface area contributed by atoms with E-state index in [-0.39, 0.29) is 12.4 Å². The first kappa shape index (κ1) is 14.0. The van der Waals surface area contributed by atoms with Gasteiger partial charge in [0.15, 0.2) is 5.82 Å². The summed E-state index contributed by atoms with van der Waals surface area (Å²) in [5.41, 5.74) is 3.45. The molecule has 0 saturated heterocycles. The number of halogens is 2. The average molecular weight is 301 g/mol. The Balaban J connectivity index is 2.19. The molecule has 0 aliphatic carbocycles. The van der Waals surface area contributed by atoms with E-state index in [1.165, 1.54) is 6.07 Å². The van der Waals surface area contributed by atoms with Crippen LogP contribution in [-0.2, 0) is 13.0 Å². The fraction of sp³-hybridized carbons (Fsp3) is 0.333. The first-order chi connectivity index (χ1) is 9.13. The number of hydrogen-bond donors (Lipinski definition) is 2. The largest absolute Gasteiger partial charge is 0.318 e. The van der Waals surface area contributed by atoms with Gasteiger partial charge in [0, 0.05) is 17.0 Å². The second-order valence-corrected chi connectivity index (χ2v) is 4.86. The summed E-state index contributed by atoms with van der Waals surface area (Å²) in [4.78, 5) is 0. The van der Waals surface area contributed by atoms with Gasteiger partial charge in [0.1, 0.15) is 5.82 Å². The first-order valence-electron chi connectivity index (χ1n) is 5.96. The van der Waals surface area contributed by atoms with Crippen LogP contribution in [0.25, 0.3) is 0 Å². The maximum atomic E-state index is 13.6. The molecule has 0 radical (unpaired) electrons. The number of nitrogens with zero attached hydrogens (tertiary/aromatic N) is 2. The molecule has 4 nitrogen and oxygen atoms in total. The van der Waals surface area contributed by atoms with Crippen molar-refractivity contribution in [3.63, 3.8) is 0 Å². The molecule has 19 heavy (non-hydrogen) atoms. The van der Waals surface area contributed by atoms with E-state index in [9.17, 15) is 4.39 Å². The molecule has 1 aromatic heterocycles. The summed E-state index contributed by atoms with van der Waals surface area (Å²) in [5, 5.41) is 7.22.